The predicted octanol–water partition coefficient (Wildman–Crippen LogP) is 4.32. The third kappa shape index (κ3) is 4.38. The van der Waals surface area contributed by atoms with Gasteiger partial charge in [0.1, 0.15) is 0 Å². The SMILES string of the molecule is Cc1c(C(=O)NCC(C)c2c(Cl)cccc2Cl)nnn1-c1cccc([N+](=O)[O-])c1. The first-order valence-electron chi connectivity index (χ1n) is 8.68. The second-order valence-corrected chi connectivity index (χ2v) is 7.27. The van der Waals surface area contributed by atoms with Gasteiger partial charge in [0.2, 0.25) is 0 Å². The standard InChI is InChI=1S/C19H17Cl2N5O3/c1-11(17-15(20)7-4-8-16(17)21)10-22-19(27)18-12(2)25(24-23-18)13-5-3-6-14(9-13)26(28)29/h3-9,11H,10H2,1-2H3,(H,22,27). The van der Waals surface area contributed by atoms with Gasteiger partial charge in [-0.05, 0) is 30.7 Å². The molecule has 1 unspecified atom stereocenters. The minimum absolute atomic E-state index is 0.0751. The third-order valence-corrected chi connectivity index (χ3v) is 5.12. The van der Waals surface area contributed by atoms with Crippen LogP contribution in [0.3, 0.4) is 0 Å². The van der Waals surface area contributed by atoms with Crippen LogP contribution in [0.4, 0.5) is 5.69 Å². The van der Waals surface area contributed by atoms with Gasteiger partial charge in [0.15, 0.2) is 5.69 Å². The maximum absolute atomic E-state index is 12.6. The van der Waals surface area contributed by atoms with Gasteiger partial charge in [0.05, 0.1) is 16.3 Å². The van der Waals surface area contributed by atoms with E-state index in [0.717, 1.165) is 5.56 Å². The van der Waals surface area contributed by atoms with E-state index in [1.54, 1.807) is 37.3 Å². The molecule has 0 aliphatic heterocycles. The molecule has 1 amide bonds. The van der Waals surface area contributed by atoms with E-state index in [1.807, 2.05) is 6.92 Å². The van der Waals surface area contributed by atoms with Gasteiger partial charge in [-0.25, -0.2) is 4.68 Å². The van der Waals surface area contributed by atoms with Crippen LogP contribution < -0.4 is 5.32 Å². The summed E-state index contributed by atoms with van der Waals surface area (Å²) in [6, 6.07) is 11.2. The molecule has 0 radical (unpaired) electrons. The van der Waals surface area contributed by atoms with Gasteiger partial charge in [-0.2, -0.15) is 0 Å². The van der Waals surface area contributed by atoms with Crippen molar-refractivity contribution in [1.82, 2.24) is 20.3 Å². The highest BCUT2D eigenvalue weighted by Gasteiger charge is 2.20. The first-order chi connectivity index (χ1) is 13.8. The van der Waals surface area contributed by atoms with Gasteiger partial charge in [-0.1, -0.05) is 47.5 Å². The van der Waals surface area contributed by atoms with Crippen molar-refractivity contribution in [3.05, 3.63) is 79.6 Å². The minimum Gasteiger partial charge on any atom is -0.350 e. The van der Waals surface area contributed by atoms with Gasteiger partial charge in [-0.15, -0.1) is 5.10 Å². The number of rotatable bonds is 6. The molecule has 0 fully saturated rings. The third-order valence-electron chi connectivity index (χ3n) is 4.46. The van der Waals surface area contributed by atoms with Crippen molar-refractivity contribution in [2.45, 2.75) is 19.8 Å². The lowest BCUT2D eigenvalue weighted by atomic mass is 10.0. The summed E-state index contributed by atoms with van der Waals surface area (Å²) in [5.74, 6) is -0.526. The highest BCUT2D eigenvalue weighted by molar-refractivity contribution is 6.36. The van der Waals surface area contributed by atoms with Crippen LogP contribution in [0.5, 0.6) is 0 Å². The highest BCUT2D eigenvalue weighted by Crippen LogP contribution is 2.31. The Morgan fingerprint density at radius 1 is 1.24 bits per heavy atom. The Labute approximate surface area is 176 Å². The molecule has 1 heterocycles. The fraction of sp³-hybridized carbons (Fsp3) is 0.211. The van der Waals surface area contributed by atoms with Gasteiger partial charge in [0, 0.05) is 34.6 Å². The zero-order chi connectivity index (χ0) is 21.1. The normalized spacial score (nSPS) is 11.9. The molecule has 8 nitrogen and oxygen atoms in total. The summed E-state index contributed by atoms with van der Waals surface area (Å²) in [5.41, 5.74) is 1.72. The molecule has 0 spiro atoms. The molecule has 1 aromatic heterocycles. The number of nitrogens with one attached hydrogen (secondary N) is 1. The molecule has 0 saturated carbocycles. The Morgan fingerprint density at radius 3 is 2.55 bits per heavy atom. The number of nitro benzene ring substituents is 1. The van der Waals surface area contributed by atoms with Gasteiger partial charge < -0.3 is 5.32 Å². The summed E-state index contributed by atoms with van der Waals surface area (Å²) in [5, 5.41) is 22.7. The van der Waals surface area contributed by atoms with Crippen molar-refractivity contribution < 1.29 is 9.72 Å². The van der Waals surface area contributed by atoms with Crippen molar-refractivity contribution in [1.29, 1.82) is 0 Å². The number of nitrogens with zero attached hydrogens (tertiary/aromatic N) is 4. The van der Waals surface area contributed by atoms with E-state index in [0.29, 0.717) is 28.0 Å². The molecule has 29 heavy (non-hydrogen) atoms. The molecule has 0 aliphatic rings. The largest absolute Gasteiger partial charge is 0.350 e. The van der Waals surface area contributed by atoms with E-state index in [2.05, 4.69) is 15.6 Å². The first-order valence-corrected chi connectivity index (χ1v) is 9.44. The molecular weight excluding hydrogens is 417 g/mol. The molecule has 150 valence electrons. The lowest BCUT2D eigenvalue weighted by molar-refractivity contribution is -0.384. The molecule has 0 saturated heterocycles. The number of aromatic nitrogens is 3. The topological polar surface area (TPSA) is 103 Å². The number of carbonyl (C=O) groups is 1. The molecule has 10 heteroatoms. The Morgan fingerprint density at radius 2 is 1.90 bits per heavy atom. The van der Waals surface area contributed by atoms with Crippen LogP contribution in [0.2, 0.25) is 10.0 Å². The van der Waals surface area contributed by atoms with Crippen LogP contribution in [0.25, 0.3) is 5.69 Å². The Bertz CT molecular complexity index is 1060. The molecule has 0 aliphatic carbocycles. The number of amides is 1. The van der Waals surface area contributed by atoms with Crippen molar-refractivity contribution in [3.8, 4) is 5.69 Å². The average Bonchev–Trinajstić information content (AvgIpc) is 3.07. The molecular formula is C19H17Cl2N5O3. The van der Waals surface area contributed by atoms with Crippen LogP contribution in [-0.4, -0.2) is 32.4 Å². The van der Waals surface area contributed by atoms with Crippen LogP contribution >= 0.6 is 23.2 Å². The quantitative estimate of drug-likeness (QED) is 0.460. The average molecular weight is 434 g/mol. The van der Waals surface area contributed by atoms with E-state index in [1.165, 1.54) is 16.8 Å². The van der Waals surface area contributed by atoms with Crippen molar-refractivity contribution in [2.75, 3.05) is 6.54 Å². The number of benzene rings is 2. The fourth-order valence-corrected chi connectivity index (χ4v) is 3.71. The number of hydrogen-bond acceptors (Lipinski definition) is 5. The van der Waals surface area contributed by atoms with Crippen molar-refractivity contribution >= 4 is 34.8 Å². The Hall–Kier alpha value is -2.97. The number of carbonyl (C=O) groups excluding carboxylic acids is 1. The van der Waals surface area contributed by atoms with Crippen LogP contribution in [0.1, 0.15) is 34.6 Å². The van der Waals surface area contributed by atoms with E-state index >= 15 is 0 Å². The van der Waals surface area contributed by atoms with Crippen LogP contribution in [-0.2, 0) is 0 Å². The second kappa shape index (κ2) is 8.59. The predicted molar refractivity (Wildman–Crippen MR) is 110 cm³/mol. The van der Waals surface area contributed by atoms with Gasteiger partial charge in [-0.3, -0.25) is 14.9 Å². The summed E-state index contributed by atoms with van der Waals surface area (Å²) in [6.45, 7) is 3.87. The second-order valence-electron chi connectivity index (χ2n) is 6.46. The summed E-state index contributed by atoms with van der Waals surface area (Å²) >= 11 is 12.4. The maximum Gasteiger partial charge on any atom is 0.273 e. The molecule has 3 rings (SSSR count). The minimum atomic E-state index is -0.495. The summed E-state index contributed by atoms with van der Waals surface area (Å²) in [4.78, 5) is 23.1. The number of halogens is 2. The van der Waals surface area contributed by atoms with E-state index in [9.17, 15) is 14.9 Å². The maximum atomic E-state index is 12.6. The van der Waals surface area contributed by atoms with E-state index in [4.69, 9.17) is 23.2 Å². The molecule has 2 aromatic carbocycles. The smallest absolute Gasteiger partial charge is 0.273 e. The Balaban J connectivity index is 1.76. The number of non-ortho nitro benzene ring substituents is 1. The zero-order valence-corrected chi connectivity index (χ0v) is 17.1. The molecule has 0 bridgehead atoms. The number of hydrogen-bond donors (Lipinski definition) is 1. The van der Waals surface area contributed by atoms with Crippen LogP contribution in [0, 0.1) is 17.0 Å². The van der Waals surface area contributed by atoms with Crippen molar-refractivity contribution in [3.63, 3.8) is 0 Å². The summed E-state index contributed by atoms with van der Waals surface area (Å²) in [7, 11) is 0. The van der Waals surface area contributed by atoms with Gasteiger partial charge >= 0.3 is 0 Å². The van der Waals surface area contributed by atoms with Crippen LogP contribution in [0.15, 0.2) is 42.5 Å². The lowest BCUT2D eigenvalue weighted by Crippen LogP contribution is -2.28. The van der Waals surface area contributed by atoms with Gasteiger partial charge in [0.25, 0.3) is 11.6 Å². The highest BCUT2D eigenvalue weighted by atomic mass is 35.5. The fourth-order valence-electron chi connectivity index (χ4n) is 2.94. The summed E-state index contributed by atoms with van der Waals surface area (Å²) < 4.78 is 1.39. The van der Waals surface area contributed by atoms with Crippen molar-refractivity contribution in [2.24, 2.45) is 0 Å². The zero-order valence-electron chi connectivity index (χ0n) is 15.6. The monoisotopic (exact) mass is 433 g/mol. The lowest BCUT2D eigenvalue weighted by Gasteiger charge is -2.16. The molecule has 1 N–H and O–H groups in total. The van der Waals surface area contributed by atoms with E-state index in [-0.39, 0.29) is 17.3 Å². The number of nitro groups is 1. The van der Waals surface area contributed by atoms with E-state index < -0.39 is 10.8 Å². The summed E-state index contributed by atoms with van der Waals surface area (Å²) in [6.07, 6.45) is 0. The first kappa shape index (κ1) is 20.8. The Kier molecular flexibility index (Phi) is 6.14. The molecule has 1 atom stereocenters. The molecule has 3 aromatic rings.